The number of piperidine rings is 1. The van der Waals surface area contributed by atoms with Gasteiger partial charge < -0.3 is 9.88 Å². The van der Waals surface area contributed by atoms with Crippen LogP contribution in [0, 0.1) is 5.92 Å². The zero-order valence-electron chi connectivity index (χ0n) is 17.6. The molecule has 0 radical (unpaired) electrons. The fraction of sp³-hybridized carbons (Fsp3) is 0.500. The number of hydrogen-bond donors (Lipinski definition) is 1. The van der Waals surface area contributed by atoms with Crippen molar-refractivity contribution in [3.05, 3.63) is 53.9 Å². The number of aryl methyl sites for hydroxylation is 1. The average Bonchev–Trinajstić information content (AvgIpc) is 3.15. The van der Waals surface area contributed by atoms with Crippen molar-refractivity contribution < 1.29 is 13.2 Å². The lowest BCUT2D eigenvalue weighted by Crippen LogP contribution is -2.43. The van der Waals surface area contributed by atoms with E-state index in [0.29, 0.717) is 36.7 Å². The molecule has 7 heteroatoms. The van der Waals surface area contributed by atoms with E-state index in [4.69, 9.17) is 0 Å². The second-order valence-corrected chi connectivity index (χ2v) is 10.2. The highest BCUT2D eigenvalue weighted by atomic mass is 32.2. The van der Waals surface area contributed by atoms with Crippen LogP contribution in [0.2, 0.25) is 0 Å². The predicted octanol–water partition coefficient (Wildman–Crippen LogP) is 3.43. The van der Waals surface area contributed by atoms with Gasteiger partial charge in [-0.3, -0.25) is 4.79 Å². The van der Waals surface area contributed by atoms with Gasteiger partial charge in [-0.05, 0) is 42.9 Å². The molecule has 1 aliphatic heterocycles. The predicted molar refractivity (Wildman–Crippen MR) is 114 cm³/mol. The van der Waals surface area contributed by atoms with Gasteiger partial charge in [0.2, 0.25) is 15.9 Å². The first-order valence-corrected chi connectivity index (χ1v) is 11.6. The zero-order chi connectivity index (χ0) is 21.2. The number of nitrogens with zero attached hydrogens (tertiary/aromatic N) is 2. The number of amides is 1. The second-order valence-electron chi connectivity index (χ2n) is 8.24. The Morgan fingerprint density at radius 3 is 2.14 bits per heavy atom. The van der Waals surface area contributed by atoms with E-state index in [0.717, 1.165) is 5.56 Å². The van der Waals surface area contributed by atoms with Crippen LogP contribution in [0.1, 0.15) is 56.7 Å². The fourth-order valence-electron chi connectivity index (χ4n) is 3.72. The summed E-state index contributed by atoms with van der Waals surface area (Å²) in [5.41, 5.74) is 2.35. The molecule has 0 spiro atoms. The molecule has 2 aromatic rings. The molecule has 2 heterocycles. The summed E-state index contributed by atoms with van der Waals surface area (Å²) in [5, 5.41) is 3.09. The van der Waals surface area contributed by atoms with Crippen LogP contribution in [0.3, 0.4) is 0 Å². The molecule has 158 valence electrons. The van der Waals surface area contributed by atoms with Gasteiger partial charge in [0, 0.05) is 38.4 Å². The van der Waals surface area contributed by atoms with Gasteiger partial charge in [-0.25, -0.2) is 8.42 Å². The normalized spacial score (nSPS) is 17.4. The molecule has 6 nitrogen and oxygen atoms in total. The molecule has 1 aromatic carbocycles. The maximum absolute atomic E-state index is 12.7. The fourth-order valence-corrected chi connectivity index (χ4v) is 5.24. The van der Waals surface area contributed by atoms with Gasteiger partial charge in [0.1, 0.15) is 0 Å². The number of nitrogens with one attached hydrogen (secondary N) is 1. The third-order valence-electron chi connectivity index (χ3n) is 5.73. The van der Waals surface area contributed by atoms with Crippen molar-refractivity contribution in [1.29, 1.82) is 0 Å². The molecule has 0 aliphatic carbocycles. The topological polar surface area (TPSA) is 71.4 Å². The summed E-state index contributed by atoms with van der Waals surface area (Å²) in [6.07, 6.45) is 4.41. The number of sulfonamides is 1. The lowest BCUT2D eigenvalue weighted by molar-refractivity contribution is -0.126. The van der Waals surface area contributed by atoms with Crippen LogP contribution >= 0.6 is 0 Å². The Labute approximate surface area is 174 Å². The summed E-state index contributed by atoms with van der Waals surface area (Å²) in [6.45, 7) is 7.03. The largest absolute Gasteiger partial charge is 0.356 e. The maximum Gasteiger partial charge on any atom is 0.244 e. The van der Waals surface area contributed by atoms with Crippen molar-refractivity contribution in [1.82, 2.24) is 14.2 Å². The molecule has 1 aromatic heterocycles. The quantitative estimate of drug-likeness (QED) is 0.783. The van der Waals surface area contributed by atoms with Gasteiger partial charge in [0.05, 0.1) is 10.9 Å². The molecule has 29 heavy (non-hydrogen) atoms. The molecule has 0 saturated carbocycles. The van der Waals surface area contributed by atoms with Gasteiger partial charge in [0.15, 0.2) is 0 Å². The number of rotatable bonds is 6. The van der Waals surface area contributed by atoms with E-state index in [1.807, 2.05) is 6.92 Å². The van der Waals surface area contributed by atoms with Crippen molar-refractivity contribution in [2.24, 2.45) is 13.0 Å². The maximum atomic E-state index is 12.7. The summed E-state index contributed by atoms with van der Waals surface area (Å²) < 4.78 is 28.7. The Hall–Kier alpha value is -2.12. The van der Waals surface area contributed by atoms with E-state index in [1.54, 1.807) is 30.1 Å². The van der Waals surface area contributed by atoms with Crippen LogP contribution in [0.5, 0.6) is 0 Å². The summed E-state index contributed by atoms with van der Waals surface area (Å²) in [4.78, 5) is 13.0. The second kappa shape index (κ2) is 8.71. The lowest BCUT2D eigenvalue weighted by atomic mass is 9.96. The minimum Gasteiger partial charge on any atom is -0.356 e. The van der Waals surface area contributed by atoms with E-state index < -0.39 is 10.0 Å². The van der Waals surface area contributed by atoms with Crippen LogP contribution < -0.4 is 5.32 Å². The minimum atomic E-state index is -3.49. The van der Waals surface area contributed by atoms with Gasteiger partial charge in [-0.15, -0.1) is 0 Å². The summed E-state index contributed by atoms with van der Waals surface area (Å²) in [6, 6.07) is 9.88. The number of benzene rings is 1. The van der Waals surface area contributed by atoms with Crippen LogP contribution in [0.25, 0.3) is 0 Å². The Balaban J connectivity index is 1.56. The first-order chi connectivity index (χ1) is 13.7. The van der Waals surface area contributed by atoms with Crippen LogP contribution in [-0.2, 0) is 21.9 Å². The van der Waals surface area contributed by atoms with Crippen molar-refractivity contribution >= 4 is 15.9 Å². The zero-order valence-corrected chi connectivity index (χ0v) is 18.4. The Bertz CT molecular complexity index is 940. The summed E-state index contributed by atoms with van der Waals surface area (Å²) in [7, 11) is -1.69. The third-order valence-corrected chi connectivity index (χ3v) is 7.61. The Morgan fingerprint density at radius 1 is 1.03 bits per heavy atom. The van der Waals surface area contributed by atoms with Crippen molar-refractivity contribution in [2.45, 2.75) is 50.5 Å². The highest BCUT2D eigenvalue weighted by Crippen LogP contribution is 2.25. The number of hydrogen-bond acceptors (Lipinski definition) is 3. The molecule has 1 atom stereocenters. The van der Waals surface area contributed by atoms with E-state index in [-0.39, 0.29) is 17.9 Å². The number of carbonyl (C=O) groups excluding carboxylic acids is 1. The highest BCUT2D eigenvalue weighted by Gasteiger charge is 2.32. The molecule has 0 unspecified atom stereocenters. The van der Waals surface area contributed by atoms with E-state index in [9.17, 15) is 13.2 Å². The molecular weight excluding hydrogens is 386 g/mol. The van der Waals surface area contributed by atoms with E-state index in [2.05, 4.69) is 43.4 Å². The van der Waals surface area contributed by atoms with Gasteiger partial charge in [-0.1, -0.05) is 38.1 Å². The van der Waals surface area contributed by atoms with E-state index in [1.165, 1.54) is 9.87 Å². The molecule has 1 amide bonds. The van der Waals surface area contributed by atoms with Crippen LogP contribution in [-0.4, -0.2) is 36.3 Å². The standard InChI is InChI=1S/C22H31N3O3S/c1-16(2)18-5-7-19(8-6-18)17(3)23-22(26)20-9-13-25(14-10-20)29(27,28)21-11-12-24(4)15-21/h5-8,11-12,15-17,20H,9-10,13-14H2,1-4H3,(H,23,26)/t17-/m0/s1. The molecule has 3 rings (SSSR count). The first-order valence-electron chi connectivity index (χ1n) is 10.2. The molecular formula is C22H31N3O3S. The Kier molecular flexibility index (Phi) is 6.49. The SMILES string of the molecule is CC(C)c1ccc([C@H](C)NC(=O)C2CCN(S(=O)(=O)c3ccn(C)c3)CC2)cc1. The van der Waals surface area contributed by atoms with Crippen LogP contribution in [0.4, 0.5) is 0 Å². The molecule has 0 bridgehead atoms. The summed E-state index contributed by atoms with van der Waals surface area (Å²) in [5.74, 6) is 0.322. The highest BCUT2D eigenvalue weighted by molar-refractivity contribution is 7.89. The van der Waals surface area contributed by atoms with Crippen LogP contribution in [0.15, 0.2) is 47.6 Å². The number of aromatic nitrogens is 1. The van der Waals surface area contributed by atoms with Gasteiger partial charge >= 0.3 is 0 Å². The average molecular weight is 418 g/mol. The van der Waals surface area contributed by atoms with Gasteiger partial charge in [0.25, 0.3) is 0 Å². The minimum absolute atomic E-state index is 0.00203. The molecule has 1 fully saturated rings. The van der Waals surface area contributed by atoms with Gasteiger partial charge in [-0.2, -0.15) is 4.31 Å². The first kappa shape index (κ1) is 21.6. The smallest absolute Gasteiger partial charge is 0.244 e. The number of carbonyl (C=O) groups is 1. The third kappa shape index (κ3) is 4.90. The molecule has 1 N–H and O–H groups in total. The monoisotopic (exact) mass is 417 g/mol. The summed E-state index contributed by atoms with van der Waals surface area (Å²) >= 11 is 0. The molecule has 1 saturated heterocycles. The van der Waals surface area contributed by atoms with Crippen molar-refractivity contribution in [3.63, 3.8) is 0 Å². The lowest BCUT2D eigenvalue weighted by Gasteiger charge is -2.31. The Morgan fingerprint density at radius 2 is 1.62 bits per heavy atom. The molecule has 1 aliphatic rings. The van der Waals surface area contributed by atoms with Crippen molar-refractivity contribution in [2.75, 3.05) is 13.1 Å². The van der Waals surface area contributed by atoms with Crippen molar-refractivity contribution in [3.8, 4) is 0 Å². The van der Waals surface area contributed by atoms with E-state index >= 15 is 0 Å².